The van der Waals surface area contributed by atoms with Crippen LogP contribution in [0.15, 0.2) is 60.8 Å². The van der Waals surface area contributed by atoms with Gasteiger partial charge in [-0.25, -0.2) is 9.97 Å². The number of amides is 1. The lowest BCUT2D eigenvalue weighted by Gasteiger charge is -2.16. The van der Waals surface area contributed by atoms with E-state index < -0.39 is 23.7 Å². The molecule has 0 bridgehead atoms. The maximum Gasteiger partial charge on any atom is 0.416 e. The minimum absolute atomic E-state index is 0.0179. The molecule has 2 aromatic carbocycles. The highest BCUT2D eigenvalue weighted by molar-refractivity contribution is 6.30. The van der Waals surface area contributed by atoms with E-state index in [0.717, 1.165) is 12.1 Å². The smallest absolute Gasteiger partial charge is 0.416 e. The minimum Gasteiger partial charge on any atom is -0.489 e. The van der Waals surface area contributed by atoms with Gasteiger partial charge in [0.15, 0.2) is 11.6 Å². The van der Waals surface area contributed by atoms with Crippen molar-refractivity contribution in [2.45, 2.75) is 32.7 Å². The molecule has 0 aliphatic carbocycles. The van der Waals surface area contributed by atoms with Crippen molar-refractivity contribution in [1.82, 2.24) is 25.1 Å². The quantitative estimate of drug-likeness (QED) is 0.328. The maximum atomic E-state index is 13.6. The zero-order valence-corrected chi connectivity index (χ0v) is 20.9. The van der Waals surface area contributed by atoms with Crippen molar-refractivity contribution in [1.29, 1.82) is 5.26 Å². The standard InChI is InChI=1S/C26H20ClF3N6O2/c1-15(24-34-16(2)35-36(24)23-8-5-18(12-31)13-32-23)33-25(37)19-9-20(26(28,29)30)11-22(10-19)38-14-17-3-6-21(27)7-4-17/h3-11,13,15H,14H2,1-2H3,(H,33,37). The number of ether oxygens (including phenoxy) is 1. The first-order valence-electron chi connectivity index (χ1n) is 11.2. The molecule has 0 aliphatic heterocycles. The van der Waals surface area contributed by atoms with Gasteiger partial charge in [0, 0.05) is 16.8 Å². The van der Waals surface area contributed by atoms with Crippen LogP contribution in [0.2, 0.25) is 5.02 Å². The van der Waals surface area contributed by atoms with Gasteiger partial charge in [0.2, 0.25) is 0 Å². The summed E-state index contributed by atoms with van der Waals surface area (Å²) in [5, 5.41) is 16.5. The second-order valence-electron chi connectivity index (χ2n) is 8.30. The Bertz CT molecular complexity index is 1500. The Morgan fingerprint density at radius 1 is 1.18 bits per heavy atom. The molecule has 194 valence electrons. The molecule has 8 nitrogen and oxygen atoms in total. The molecular formula is C26H20ClF3N6O2. The molecule has 2 aromatic heterocycles. The lowest BCUT2D eigenvalue weighted by molar-refractivity contribution is -0.137. The number of hydrogen-bond acceptors (Lipinski definition) is 6. The van der Waals surface area contributed by atoms with E-state index in [-0.39, 0.29) is 17.9 Å². The van der Waals surface area contributed by atoms with Crippen molar-refractivity contribution < 1.29 is 22.7 Å². The Morgan fingerprint density at radius 2 is 1.92 bits per heavy atom. The molecule has 1 unspecified atom stereocenters. The predicted molar refractivity (Wildman–Crippen MR) is 132 cm³/mol. The first kappa shape index (κ1) is 26.6. The van der Waals surface area contributed by atoms with Crippen LogP contribution in [-0.2, 0) is 12.8 Å². The first-order chi connectivity index (χ1) is 18.0. The van der Waals surface area contributed by atoms with Gasteiger partial charge in [-0.15, -0.1) is 5.10 Å². The molecule has 12 heteroatoms. The Labute approximate surface area is 220 Å². The molecule has 1 amide bonds. The third-order valence-corrected chi connectivity index (χ3v) is 5.63. The Morgan fingerprint density at radius 3 is 2.55 bits per heavy atom. The summed E-state index contributed by atoms with van der Waals surface area (Å²) in [7, 11) is 0. The van der Waals surface area contributed by atoms with Crippen molar-refractivity contribution in [2.75, 3.05) is 0 Å². The molecule has 1 atom stereocenters. The molecule has 38 heavy (non-hydrogen) atoms. The van der Waals surface area contributed by atoms with E-state index in [1.54, 1.807) is 50.2 Å². The van der Waals surface area contributed by atoms with Crippen LogP contribution in [-0.4, -0.2) is 25.7 Å². The third kappa shape index (κ3) is 6.27. The largest absolute Gasteiger partial charge is 0.489 e. The third-order valence-electron chi connectivity index (χ3n) is 5.38. The number of carbonyl (C=O) groups excluding carboxylic acids is 1. The highest BCUT2D eigenvalue weighted by Crippen LogP contribution is 2.33. The molecule has 0 saturated heterocycles. The summed E-state index contributed by atoms with van der Waals surface area (Å²) in [6.07, 6.45) is -3.33. The van der Waals surface area contributed by atoms with Gasteiger partial charge in [0.1, 0.15) is 24.3 Å². The molecule has 0 fully saturated rings. The maximum absolute atomic E-state index is 13.6. The zero-order valence-electron chi connectivity index (χ0n) is 20.1. The zero-order chi connectivity index (χ0) is 27.4. The summed E-state index contributed by atoms with van der Waals surface area (Å²) in [5.74, 6) is 0.175. The average Bonchev–Trinajstić information content (AvgIpc) is 3.29. The van der Waals surface area contributed by atoms with Gasteiger partial charge >= 0.3 is 6.18 Å². The van der Waals surface area contributed by atoms with Gasteiger partial charge in [-0.2, -0.15) is 23.1 Å². The number of aryl methyl sites for hydroxylation is 1. The van der Waals surface area contributed by atoms with E-state index in [9.17, 15) is 18.0 Å². The van der Waals surface area contributed by atoms with Crippen LogP contribution in [0.5, 0.6) is 5.75 Å². The summed E-state index contributed by atoms with van der Waals surface area (Å²) in [6.45, 7) is 3.25. The van der Waals surface area contributed by atoms with Crippen LogP contribution in [0.3, 0.4) is 0 Å². The van der Waals surface area contributed by atoms with Gasteiger partial charge in [-0.05, 0) is 61.9 Å². The van der Waals surface area contributed by atoms with Crippen molar-refractivity contribution in [3.63, 3.8) is 0 Å². The van der Waals surface area contributed by atoms with E-state index >= 15 is 0 Å². The molecule has 0 spiro atoms. The average molecular weight is 541 g/mol. The van der Waals surface area contributed by atoms with E-state index in [0.29, 0.717) is 33.6 Å². The van der Waals surface area contributed by atoms with Crippen molar-refractivity contribution >= 4 is 17.5 Å². The van der Waals surface area contributed by atoms with Gasteiger partial charge < -0.3 is 10.1 Å². The number of hydrogen-bond donors (Lipinski definition) is 1. The van der Waals surface area contributed by atoms with Crippen LogP contribution < -0.4 is 10.1 Å². The number of nitrogens with one attached hydrogen (secondary N) is 1. The van der Waals surface area contributed by atoms with Crippen molar-refractivity contribution in [3.8, 4) is 17.6 Å². The number of pyridine rings is 1. The van der Waals surface area contributed by atoms with E-state index in [2.05, 4.69) is 20.4 Å². The molecule has 0 aliphatic rings. The molecule has 4 aromatic rings. The Hall–Kier alpha value is -4.43. The summed E-state index contributed by atoms with van der Waals surface area (Å²) in [4.78, 5) is 21.6. The van der Waals surface area contributed by atoms with Gasteiger partial charge in [-0.3, -0.25) is 4.79 Å². The number of nitriles is 1. The number of aromatic nitrogens is 4. The number of carbonyl (C=O) groups is 1. The van der Waals surface area contributed by atoms with Crippen LogP contribution >= 0.6 is 11.6 Å². The molecule has 4 rings (SSSR count). The molecular weight excluding hydrogens is 521 g/mol. The Kier molecular flexibility index (Phi) is 7.64. The van der Waals surface area contributed by atoms with Crippen LogP contribution in [0.25, 0.3) is 5.82 Å². The highest BCUT2D eigenvalue weighted by atomic mass is 35.5. The number of benzene rings is 2. The predicted octanol–water partition coefficient (Wildman–Crippen LogP) is 5.58. The molecule has 0 radical (unpaired) electrons. The number of nitrogens with zero attached hydrogens (tertiary/aromatic N) is 5. The summed E-state index contributed by atoms with van der Waals surface area (Å²) < 4.78 is 47.7. The van der Waals surface area contributed by atoms with Crippen molar-refractivity contribution in [3.05, 3.63) is 99.7 Å². The first-order valence-corrected chi connectivity index (χ1v) is 11.6. The molecule has 0 saturated carbocycles. The number of alkyl halides is 3. The molecule has 1 N–H and O–H groups in total. The van der Waals surface area contributed by atoms with Gasteiger partial charge in [-0.1, -0.05) is 23.7 Å². The summed E-state index contributed by atoms with van der Waals surface area (Å²) in [5.41, 5.74) is -0.216. The Balaban J connectivity index is 1.57. The fraction of sp³-hybridized carbons (Fsp3) is 0.192. The SMILES string of the molecule is Cc1nc(C(C)NC(=O)c2cc(OCc3ccc(Cl)cc3)cc(C(F)(F)F)c2)n(-c2ccc(C#N)cn2)n1. The van der Waals surface area contributed by atoms with E-state index in [1.165, 1.54) is 16.9 Å². The highest BCUT2D eigenvalue weighted by Gasteiger charge is 2.32. The number of halogens is 4. The van der Waals surface area contributed by atoms with Crippen LogP contribution in [0.4, 0.5) is 13.2 Å². The lowest BCUT2D eigenvalue weighted by atomic mass is 10.1. The van der Waals surface area contributed by atoms with E-state index in [4.69, 9.17) is 21.6 Å². The molecule has 2 heterocycles. The fourth-order valence-electron chi connectivity index (χ4n) is 3.53. The second kappa shape index (κ2) is 10.9. The van der Waals surface area contributed by atoms with Gasteiger partial charge in [0.25, 0.3) is 5.91 Å². The lowest BCUT2D eigenvalue weighted by Crippen LogP contribution is -2.29. The monoisotopic (exact) mass is 540 g/mol. The van der Waals surface area contributed by atoms with Gasteiger partial charge in [0.05, 0.1) is 17.2 Å². The topological polar surface area (TPSA) is 106 Å². The van der Waals surface area contributed by atoms with E-state index in [1.807, 2.05) is 6.07 Å². The van der Waals surface area contributed by atoms with Crippen LogP contribution in [0, 0.1) is 18.3 Å². The second-order valence-corrected chi connectivity index (χ2v) is 8.74. The summed E-state index contributed by atoms with van der Waals surface area (Å²) >= 11 is 5.86. The normalized spacial score (nSPS) is 12.0. The fourth-order valence-corrected chi connectivity index (χ4v) is 3.65. The summed E-state index contributed by atoms with van der Waals surface area (Å²) in [6, 6.07) is 13.8. The minimum atomic E-state index is -4.70. The van der Waals surface area contributed by atoms with Crippen LogP contribution in [0.1, 0.15) is 51.7 Å². The number of rotatable bonds is 7. The van der Waals surface area contributed by atoms with Crippen molar-refractivity contribution in [2.24, 2.45) is 0 Å².